The van der Waals surface area contributed by atoms with Crippen LogP contribution >= 0.6 is 51.5 Å². The number of rotatable bonds is 6. The maximum Gasteiger partial charge on any atom is 0.270 e. The molecular formula is C28H19BrClNO3S2. The number of fused-ring (bicyclic) bond motifs is 1. The highest BCUT2D eigenvalue weighted by atomic mass is 79.9. The zero-order valence-corrected chi connectivity index (χ0v) is 23.0. The number of halogens is 2. The molecule has 1 saturated heterocycles. The van der Waals surface area contributed by atoms with Crippen LogP contribution < -0.4 is 14.4 Å². The fourth-order valence-corrected chi connectivity index (χ4v) is 6.05. The molecule has 8 heteroatoms. The Kier molecular flexibility index (Phi) is 7.34. The number of nitrogens with zero attached hydrogens (tertiary/aromatic N) is 1. The molecule has 0 aliphatic carbocycles. The average molecular weight is 597 g/mol. The molecule has 0 N–H and O–H groups in total. The fraction of sp³-hybridized carbons (Fsp3) is 0.0714. The van der Waals surface area contributed by atoms with Gasteiger partial charge in [-0.05, 0) is 74.2 Å². The highest BCUT2D eigenvalue weighted by Crippen LogP contribution is 2.41. The minimum Gasteiger partial charge on any atom is -0.493 e. The number of ether oxygens (including phenoxy) is 2. The first-order valence-electron chi connectivity index (χ1n) is 10.9. The van der Waals surface area contributed by atoms with Crippen LogP contribution in [-0.2, 0) is 11.4 Å². The molecule has 0 atom stereocenters. The minimum absolute atomic E-state index is 0.196. The summed E-state index contributed by atoms with van der Waals surface area (Å²) in [6, 6.07) is 25.2. The highest BCUT2D eigenvalue weighted by molar-refractivity contribution is 9.10. The first-order chi connectivity index (χ1) is 17.4. The number of amides is 1. The van der Waals surface area contributed by atoms with Crippen molar-refractivity contribution in [3.8, 4) is 11.5 Å². The maximum absolute atomic E-state index is 13.1. The van der Waals surface area contributed by atoms with Crippen molar-refractivity contribution < 1.29 is 14.3 Å². The quantitative estimate of drug-likeness (QED) is 0.166. The Morgan fingerprint density at radius 3 is 2.64 bits per heavy atom. The van der Waals surface area contributed by atoms with Crippen molar-refractivity contribution in [3.63, 3.8) is 0 Å². The average Bonchev–Trinajstić information content (AvgIpc) is 3.15. The van der Waals surface area contributed by atoms with Gasteiger partial charge >= 0.3 is 0 Å². The molecule has 4 aromatic carbocycles. The number of carbonyl (C=O) groups excluding carboxylic acids is 1. The number of hydrogen-bond acceptors (Lipinski definition) is 5. The molecule has 0 radical (unpaired) electrons. The number of anilines is 1. The third kappa shape index (κ3) is 5.02. The van der Waals surface area contributed by atoms with E-state index < -0.39 is 0 Å². The topological polar surface area (TPSA) is 38.8 Å². The summed E-state index contributed by atoms with van der Waals surface area (Å²) in [5, 5.41) is 2.85. The predicted molar refractivity (Wildman–Crippen MR) is 156 cm³/mol. The Hall–Kier alpha value is -2.84. The summed E-state index contributed by atoms with van der Waals surface area (Å²) in [6.45, 7) is 0.383. The molecule has 0 bridgehead atoms. The third-order valence-corrected chi connectivity index (χ3v) is 7.79. The molecule has 0 saturated carbocycles. The first kappa shape index (κ1) is 24.8. The molecule has 0 aromatic heterocycles. The van der Waals surface area contributed by atoms with Gasteiger partial charge in [-0.15, -0.1) is 0 Å². The molecule has 1 aliphatic heterocycles. The Balaban J connectivity index is 1.41. The number of methoxy groups -OCH3 is 1. The lowest BCUT2D eigenvalue weighted by Crippen LogP contribution is -2.27. The van der Waals surface area contributed by atoms with Crippen LogP contribution in [0.4, 0.5) is 5.69 Å². The van der Waals surface area contributed by atoms with Gasteiger partial charge in [0.1, 0.15) is 6.61 Å². The largest absolute Gasteiger partial charge is 0.493 e. The number of thiocarbonyl (C=S) groups is 1. The van der Waals surface area contributed by atoms with Gasteiger partial charge in [0.2, 0.25) is 0 Å². The first-order valence-corrected chi connectivity index (χ1v) is 13.3. The smallest absolute Gasteiger partial charge is 0.270 e. The van der Waals surface area contributed by atoms with E-state index >= 15 is 0 Å². The van der Waals surface area contributed by atoms with E-state index in [2.05, 4.69) is 40.2 Å². The second-order valence-electron chi connectivity index (χ2n) is 7.96. The molecule has 0 spiro atoms. The van der Waals surface area contributed by atoms with Crippen LogP contribution in [0, 0.1) is 0 Å². The van der Waals surface area contributed by atoms with Gasteiger partial charge in [-0.1, -0.05) is 84.1 Å². The van der Waals surface area contributed by atoms with Gasteiger partial charge in [0.15, 0.2) is 15.8 Å². The van der Waals surface area contributed by atoms with Crippen molar-refractivity contribution in [2.75, 3.05) is 12.0 Å². The highest BCUT2D eigenvalue weighted by Gasteiger charge is 2.33. The SMILES string of the molecule is COc1cc(/C=C2/SC(=S)N(c3cccc(Cl)c3)C2=O)cc(Br)c1OCc1cccc2ccccc12. The molecule has 180 valence electrons. The van der Waals surface area contributed by atoms with Gasteiger partial charge in [0.25, 0.3) is 5.91 Å². The zero-order valence-electron chi connectivity index (χ0n) is 19.0. The van der Waals surface area contributed by atoms with Crippen LogP contribution in [0.3, 0.4) is 0 Å². The summed E-state index contributed by atoms with van der Waals surface area (Å²) < 4.78 is 13.0. The van der Waals surface area contributed by atoms with Crippen LogP contribution in [0.5, 0.6) is 11.5 Å². The normalized spacial score (nSPS) is 14.6. The Morgan fingerprint density at radius 1 is 1.06 bits per heavy atom. The number of benzene rings is 4. The molecule has 1 amide bonds. The second kappa shape index (κ2) is 10.6. The second-order valence-corrected chi connectivity index (χ2v) is 10.9. The third-order valence-electron chi connectivity index (χ3n) is 5.66. The van der Waals surface area contributed by atoms with Gasteiger partial charge in [-0.2, -0.15) is 0 Å². The van der Waals surface area contributed by atoms with Gasteiger partial charge in [-0.3, -0.25) is 9.69 Å². The Bertz CT molecular complexity index is 1530. The van der Waals surface area contributed by atoms with Crippen LogP contribution in [0.25, 0.3) is 16.8 Å². The number of carbonyl (C=O) groups is 1. The molecular weight excluding hydrogens is 578 g/mol. The van der Waals surface area contributed by atoms with Crippen molar-refractivity contribution in [1.82, 2.24) is 0 Å². The summed E-state index contributed by atoms with van der Waals surface area (Å²) in [7, 11) is 1.59. The molecule has 0 unspecified atom stereocenters. The van der Waals surface area contributed by atoms with Crippen molar-refractivity contribution in [2.24, 2.45) is 0 Å². The van der Waals surface area contributed by atoms with E-state index in [0.717, 1.165) is 26.4 Å². The van der Waals surface area contributed by atoms with E-state index in [-0.39, 0.29) is 5.91 Å². The molecule has 4 nitrogen and oxygen atoms in total. The van der Waals surface area contributed by atoms with E-state index in [4.69, 9.17) is 33.3 Å². The molecule has 4 aromatic rings. The summed E-state index contributed by atoms with van der Waals surface area (Å²) in [5.74, 6) is 0.953. The van der Waals surface area contributed by atoms with Crippen LogP contribution in [0.15, 0.2) is 88.2 Å². The standard InChI is InChI=1S/C28H19BrClNO3S2/c1-33-24-13-17(14-25-27(32)31(28(35)36-25)21-10-5-9-20(30)15-21)12-23(29)26(24)34-16-19-8-4-7-18-6-2-3-11-22(18)19/h2-15H,16H2,1H3/b25-14+. The monoisotopic (exact) mass is 595 g/mol. The van der Waals surface area contributed by atoms with Gasteiger partial charge in [-0.25, -0.2) is 0 Å². The van der Waals surface area contributed by atoms with Crippen molar-refractivity contribution in [2.45, 2.75) is 6.61 Å². The fourth-order valence-electron chi connectivity index (χ4n) is 3.99. The summed E-state index contributed by atoms with van der Waals surface area (Å²) >= 11 is 16.5. The Labute approximate surface area is 232 Å². The van der Waals surface area contributed by atoms with Crippen LogP contribution in [-0.4, -0.2) is 17.3 Å². The van der Waals surface area contributed by atoms with E-state index in [0.29, 0.717) is 38.0 Å². The number of hydrogen-bond donors (Lipinski definition) is 0. The summed E-state index contributed by atoms with van der Waals surface area (Å²) in [5.41, 5.74) is 2.50. The lowest BCUT2D eigenvalue weighted by atomic mass is 10.1. The molecule has 1 heterocycles. The molecule has 1 fully saturated rings. The van der Waals surface area contributed by atoms with E-state index in [1.807, 2.05) is 30.3 Å². The van der Waals surface area contributed by atoms with Crippen LogP contribution in [0.2, 0.25) is 5.02 Å². The molecule has 5 rings (SSSR count). The van der Waals surface area contributed by atoms with E-state index in [9.17, 15) is 4.79 Å². The van der Waals surface area contributed by atoms with E-state index in [1.165, 1.54) is 16.7 Å². The van der Waals surface area contributed by atoms with Crippen molar-refractivity contribution in [1.29, 1.82) is 0 Å². The maximum atomic E-state index is 13.1. The van der Waals surface area contributed by atoms with Gasteiger partial charge < -0.3 is 9.47 Å². The summed E-state index contributed by atoms with van der Waals surface area (Å²) in [6.07, 6.45) is 1.80. The van der Waals surface area contributed by atoms with Crippen molar-refractivity contribution in [3.05, 3.63) is 104 Å². The van der Waals surface area contributed by atoms with E-state index in [1.54, 1.807) is 37.5 Å². The lowest BCUT2D eigenvalue weighted by molar-refractivity contribution is -0.113. The van der Waals surface area contributed by atoms with Crippen molar-refractivity contribution >= 4 is 84.3 Å². The van der Waals surface area contributed by atoms with Crippen LogP contribution in [0.1, 0.15) is 11.1 Å². The van der Waals surface area contributed by atoms with Gasteiger partial charge in [0.05, 0.1) is 22.2 Å². The molecule has 1 aliphatic rings. The zero-order chi connectivity index (χ0) is 25.2. The summed E-state index contributed by atoms with van der Waals surface area (Å²) in [4.78, 5) is 15.1. The lowest BCUT2D eigenvalue weighted by Gasteiger charge is -2.15. The predicted octanol–water partition coefficient (Wildman–Crippen LogP) is 8.25. The Morgan fingerprint density at radius 2 is 1.83 bits per heavy atom. The molecule has 36 heavy (non-hydrogen) atoms. The number of thioether (sulfide) groups is 1. The minimum atomic E-state index is -0.196. The van der Waals surface area contributed by atoms with Gasteiger partial charge in [0, 0.05) is 5.02 Å².